The van der Waals surface area contributed by atoms with Gasteiger partial charge < -0.3 is 15.4 Å². The number of carbonyl (C=O) groups is 2. The largest absolute Gasteiger partial charge is 0.494 e. The molecule has 0 saturated carbocycles. The first kappa shape index (κ1) is 20.2. The van der Waals surface area contributed by atoms with Gasteiger partial charge in [-0.2, -0.15) is 0 Å². The third kappa shape index (κ3) is 7.03. The van der Waals surface area contributed by atoms with Gasteiger partial charge in [-0.25, -0.2) is 0 Å². The van der Waals surface area contributed by atoms with Crippen molar-refractivity contribution in [2.45, 2.75) is 19.8 Å². The molecule has 138 valence electrons. The summed E-state index contributed by atoms with van der Waals surface area (Å²) >= 11 is 2.10. The zero-order valence-electron chi connectivity index (χ0n) is 14.8. The first-order valence-corrected chi connectivity index (χ1v) is 9.63. The van der Waals surface area contributed by atoms with E-state index in [1.165, 1.54) is 5.56 Å². The summed E-state index contributed by atoms with van der Waals surface area (Å²) in [5.74, 6) is 0.429. The maximum Gasteiger partial charge on any atom is 0.252 e. The normalized spacial score (nSPS) is 10.2. The second-order valence-electron chi connectivity index (χ2n) is 5.88. The molecule has 0 atom stereocenters. The van der Waals surface area contributed by atoms with E-state index >= 15 is 0 Å². The van der Waals surface area contributed by atoms with Crippen molar-refractivity contribution in [3.63, 3.8) is 0 Å². The van der Waals surface area contributed by atoms with Crippen LogP contribution in [0.1, 0.15) is 28.8 Å². The van der Waals surface area contributed by atoms with Crippen LogP contribution in [0.25, 0.3) is 0 Å². The molecular weight excluding hydrogens is 443 g/mol. The fraction of sp³-hybridized carbons (Fsp3) is 0.300. The lowest BCUT2D eigenvalue weighted by atomic mass is 10.2. The Balaban J connectivity index is 1.55. The predicted octanol–water partition coefficient (Wildman–Crippen LogP) is 3.30. The maximum absolute atomic E-state index is 12.0. The summed E-state index contributed by atoms with van der Waals surface area (Å²) < 4.78 is 6.49. The molecule has 0 heterocycles. The van der Waals surface area contributed by atoms with Gasteiger partial charge >= 0.3 is 0 Å². The van der Waals surface area contributed by atoms with E-state index in [1.807, 2.05) is 43.3 Å². The van der Waals surface area contributed by atoms with Crippen LogP contribution in [0.4, 0.5) is 0 Å². The molecule has 6 heteroatoms. The van der Waals surface area contributed by atoms with E-state index in [0.29, 0.717) is 18.7 Å². The van der Waals surface area contributed by atoms with Gasteiger partial charge in [-0.1, -0.05) is 29.8 Å². The zero-order chi connectivity index (χ0) is 18.8. The van der Waals surface area contributed by atoms with Gasteiger partial charge in [0, 0.05) is 10.1 Å². The number of ether oxygens (including phenoxy) is 1. The number of halogens is 1. The second-order valence-corrected chi connectivity index (χ2v) is 7.04. The fourth-order valence-corrected chi connectivity index (χ4v) is 2.88. The maximum atomic E-state index is 12.0. The van der Waals surface area contributed by atoms with Gasteiger partial charge in [0.05, 0.1) is 18.7 Å². The van der Waals surface area contributed by atoms with Crippen molar-refractivity contribution < 1.29 is 14.3 Å². The minimum Gasteiger partial charge on any atom is -0.494 e. The van der Waals surface area contributed by atoms with Crippen molar-refractivity contribution in [2.75, 3.05) is 19.7 Å². The van der Waals surface area contributed by atoms with Crippen LogP contribution in [0, 0.1) is 10.5 Å². The molecular formula is C20H23IN2O3. The number of amides is 2. The first-order valence-electron chi connectivity index (χ1n) is 8.55. The third-order valence-electron chi connectivity index (χ3n) is 3.71. The summed E-state index contributed by atoms with van der Waals surface area (Å²) in [4.78, 5) is 23.8. The standard InChI is InChI=1S/C20H23IN2O3/c1-15-8-10-16(11-9-15)26-13-5-4-12-22-19(24)14-23-20(25)17-6-2-3-7-18(17)21/h2-3,6-11H,4-5,12-14H2,1H3,(H,22,24)(H,23,25). The Morgan fingerprint density at radius 1 is 1.00 bits per heavy atom. The van der Waals surface area contributed by atoms with Crippen LogP contribution in [0.5, 0.6) is 5.75 Å². The van der Waals surface area contributed by atoms with Crippen molar-refractivity contribution in [3.8, 4) is 5.75 Å². The molecule has 5 nitrogen and oxygen atoms in total. The SMILES string of the molecule is Cc1ccc(OCCCCNC(=O)CNC(=O)c2ccccc2I)cc1. The highest BCUT2D eigenvalue weighted by molar-refractivity contribution is 14.1. The van der Waals surface area contributed by atoms with Crippen LogP contribution in [0.3, 0.4) is 0 Å². The number of carbonyl (C=O) groups excluding carboxylic acids is 2. The van der Waals surface area contributed by atoms with Crippen molar-refractivity contribution in [3.05, 3.63) is 63.2 Å². The smallest absolute Gasteiger partial charge is 0.252 e. The van der Waals surface area contributed by atoms with Crippen LogP contribution in [-0.4, -0.2) is 31.5 Å². The minimum atomic E-state index is -0.239. The molecule has 0 aliphatic carbocycles. The zero-order valence-corrected chi connectivity index (χ0v) is 16.9. The van der Waals surface area contributed by atoms with Gasteiger partial charge in [0.2, 0.25) is 5.91 Å². The van der Waals surface area contributed by atoms with Crippen LogP contribution in [0.15, 0.2) is 48.5 Å². The number of hydrogen-bond acceptors (Lipinski definition) is 3. The lowest BCUT2D eigenvalue weighted by Crippen LogP contribution is -2.37. The average Bonchev–Trinajstić information content (AvgIpc) is 2.64. The molecule has 0 aliphatic heterocycles. The summed E-state index contributed by atoms with van der Waals surface area (Å²) in [6.45, 7) is 3.19. The topological polar surface area (TPSA) is 67.4 Å². The molecule has 2 aromatic rings. The van der Waals surface area contributed by atoms with E-state index in [9.17, 15) is 9.59 Å². The van der Waals surface area contributed by atoms with Crippen molar-refractivity contribution in [1.29, 1.82) is 0 Å². The number of nitrogens with one attached hydrogen (secondary N) is 2. The number of benzene rings is 2. The van der Waals surface area contributed by atoms with Gasteiger partial charge in [0.1, 0.15) is 5.75 Å². The minimum absolute atomic E-state index is 0.0241. The second kappa shape index (κ2) is 10.8. The monoisotopic (exact) mass is 466 g/mol. The molecule has 0 unspecified atom stereocenters. The van der Waals surface area contributed by atoms with E-state index in [-0.39, 0.29) is 18.4 Å². The number of unbranched alkanes of at least 4 members (excludes halogenated alkanes) is 1. The van der Waals surface area contributed by atoms with Gasteiger partial charge in [0.25, 0.3) is 5.91 Å². The van der Waals surface area contributed by atoms with Gasteiger partial charge in [-0.05, 0) is 66.6 Å². The van der Waals surface area contributed by atoms with Crippen molar-refractivity contribution in [1.82, 2.24) is 10.6 Å². The molecule has 0 saturated heterocycles. The van der Waals surface area contributed by atoms with E-state index in [1.54, 1.807) is 12.1 Å². The summed E-state index contributed by atoms with van der Waals surface area (Å²) in [6, 6.07) is 15.2. The van der Waals surface area contributed by atoms with Crippen LogP contribution in [-0.2, 0) is 4.79 Å². The van der Waals surface area contributed by atoms with Crippen molar-refractivity contribution in [2.24, 2.45) is 0 Å². The molecule has 2 rings (SSSR count). The van der Waals surface area contributed by atoms with E-state index in [4.69, 9.17) is 4.74 Å². The van der Waals surface area contributed by atoms with Crippen LogP contribution < -0.4 is 15.4 Å². The molecule has 0 fully saturated rings. The van der Waals surface area contributed by atoms with Crippen LogP contribution in [0.2, 0.25) is 0 Å². The highest BCUT2D eigenvalue weighted by atomic mass is 127. The lowest BCUT2D eigenvalue weighted by molar-refractivity contribution is -0.120. The first-order chi connectivity index (χ1) is 12.6. The Morgan fingerprint density at radius 2 is 1.73 bits per heavy atom. The lowest BCUT2D eigenvalue weighted by Gasteiger charge is -2.09. The average molecular weight is 466 g/mol. The molecule has 2 N–H and O–H groups in total. The van der Waals surface area contributed by atoms with E-state index < -0.39 is 0 Å². The quantitative estimate of drug-likeness (QED) is 0.440. The highest BCUT2D eigenvalue weighted by Crippen LogP contribution is 2.12. The summed E-state index contributed by atoms with van der Waals surface area (Å²) in [7, 11) is 0. The Bertz CT molecular complexity index is 732. The van der Waals surface area contributed by atoms with E-state index in [2.05, 4.69) is 33.2 Å². The molecule has 2 amide bonds. The molecule has 0 radical (unpaired) electrons. The summed E-state index contributed by atoms with van der Waals surface area (Å²) in [5, 5.41) is 5.44. The van der Waals surface area contributed by atoms with Crippen LogP contribution >= 0.6 is 22.6 Å². The Kier molecular flexibility index (Phi) is 8.40. The molecule has 0 aromatic heterocycles. The van der Waals surface area contributed by atoms with Gasteiger partial charge in [0.15, 0.2) is 0 Å². The molecule has 26 heavy (non-hydrogen) atoms. The highest BCUT2D eigenvalue weighted by Gasteiger charge is 2.10. The number of hydrogen-bond donors (Lipinski definition) is 2. The Hall–Kier alpha value is -2.09. The van der Waals surface area contributed by atoms with Crippen molar-refractivity contribution >= 4 is 34.4 Å². The van der Waals surface area contributed by atoms with E-state index in [0.717, 1.165) is 22.2 Å². The molecule has 0 bridgehead atoms. The fourth-order valence-electron chi connectivity index (χ4n) is 2.24. The number of aryl methyl sites for hydroxylation is 1. The predicted molar refractivity (Wildman–Crippen MR) is 110 cm³/mol. The molecule has 2 aromatic carbocycles. The number of rotatable bonds is 9. The van der Waals surface area contributed by atoms with Gasteiger partial charge in [-0.3, -0.25) is 9.59 Å². The molecule has 0 spiro atoms. The third-order valence-corrected chi connectivity index (χ3v) is 4.65. The summed E-state index contributed by atoms with van der Waals surface area (Å²) in [5.41, 5.74) is 1.78. The summed E-state index contributed by atoms with van der Waals surface area (Å²) in [6.07, 6.45) is 1.67. The van der Waals surface area contributed by atoms with Gasteiger partial charge in [-0.15, -0.1) is 0 Å². The Labute approximate surface area is 167 Å². The molecule has 0 aliphatic rings. The Morgan fingerprint density at radius 3 is 2.46 bits per heavy atom.